The van der Waals surface area contributed by atoms with E-state index in [1.165, 1.54) is 0 Å². The van der Waals surface area contributed by atoms with Gasteiger partial charge in [-0.3, -0.25) is 0 Å². The minimum atomic E-state index is -3.41. The highest BCUT2D eigenvalue weighted by Gasteiger charge is 2.34. The van der Waals surface area contributed by atoms with Gasteiger partial charge in [0.15, 0.2) is 5.03 Å². The Kier molecular flexibility index (Phi) is 4.73. The molecule has 20 heavy (non-hydrogen) atoms. The quantitative estimate of drug-likeness (QED) is 0.887. The van der Waals surface area contributed by atoms with Crippen LogP contribution in [-0.2, 0) is 23.0 Å². The lowest BCUT2D eigenvalue weighted by molar-refractivity contribution is 0.462. The van der Waals surface area contributed by atoms with Crippen LogP contribution in [0.1, 0.15) is 25.1 Å². The molecule has 1 N–H and O–H groups in total. The normalized spacial score (nSPS) is 23.4. The lowest BCUT2D eigenvalue weighted by Crippen LogP contribution is -2.33. The third-order valence-electron chi connectivity index (χ3n) is 4.05. The number of fused-ring (bicyclic) bond motifs is 1. The zero-order valence-electron chi connectivity index (χ0n) is 11.6. The number of nitrogens with zero attached hydrogens (tertiary/aromatic N) is 3. The van der Waals surface area contributed by atoms with Gasteiger partial charge in [0.05, 0.1) is 0 Å². The number of hydrogen-bond acceptors (Lipinski definition) is 4. The van der Waals surface area contributed by atoms with Gasteiger partial charge < -0.3 is 9.88 Å². The van der Waals surface area contributed by atoms with Gasteiger partial charge in [-0.1, -0.05) is 0 Å². The molecule has 0 aromatic carbocycles. The largest absolute Gasteiger partial charge is 0.333 e. The molecule has 1 aromatic heterocycles. The third kappa shape index (κ3) is 2.72. The maximum absolute atomic E-state index is 12.5. The van der Waals surface area contributed by atoms with Gasteiger partial charge in [0, 0.05) is 38.3 Å². The Morgan fingerprint density at radius 2 is 2.15 bits per heavy atom. The maximum atomic E-state index is 12.5. The summed E-state index contributed by atoms with van der Waals surface area (Å²) in [6, 6.07) is 0.256. The molecule has 1 fully saturated rings. The summed E-state index contributed by atoms with van der Waals surface area (Å²) < 4.78 is 28.6. The summed E-state index contributed by atoms with van der Waals surface area (Å²) in [4.78, 5) is 4.33. The van der Waals surface area contributed by atoms with Crippen LogP contribution in [-0.4, -0.2) is 48.5 Å². The van der Waals surface area contributed by atoms with Gasteiger partial charge in [-0.05, 0) is 26.3 Å². The molecule has 1 saturated heterocycles. The molecule has 114 valence electrons. The lowest BCUT2D eigenvalue weighted by atomic mass is 10.2. The van der Waals surface area contributed by atoms with Crippen molar-refractivity contribution >= 4 is 22.4 Å². The van der Waals surface area contributed by atoms with Crippen LogP contribution in [0.2, 0.25) is 0 Å². The number of aromatic nitrogens is 2. The van der Waals surface area contributed by atoms with Gasteiger partial charge in [-0.15, -0.1) is 12.4 Å². The highest BCUT2D eigenvalue weighted by molar-refractivity contribution is 7.89. The first-order chi connectivity index (χ1) is 9.11. The molecule has 3 heterocycles. The second-order valence-corrected chi connectivity index (χ2v) is 7.17. The molecule has 0 spiro atoms. The number of hydrogen-bond donors (Lipinski definition) is 1. The van der Waals surface area contributed by atoms with Crippen molar-refractivity contribution in [2.45, 2.75) is 43.3 Å². The monoisotopic (exact) mass is 320 g/mol. The predicted octanol–water partition coefficient (Wildman–Crippen LogP) is 0.624. The molecule has 6 nitrogen and oxygen atoms in total. The van der Waals surface area contributed by atoms with E-state index in [1.54, 1.807) is 10.5 Å². The Hall–Kier alpha value is -0.630. The summed E-state index contributed by atoms with van der Waals surface area (Å²) in [5.74, 6) is 0.911. The van der Waals surface area contributed by atoms with E-state index in [0.29, 0.717) is 13.1 Å². The first-order valence-electron chi connectivity index (χ1n) is 6.85. The molecule has 0 amide bonds. The number of likely N-dealkylation sites (N-methyl/N-ethyl adjacent to an activating group) is 1. The number of rotatable bonds is 3. The van der Waals surface area contributed by atoms with Crippen LogP contribution in [0.3, 0.4) is 0 Å². The Balaban J connectivity index is 0.00000147. The van der Waals surface area contributed by atoms with Crippen molar-refractivity contribution in [3.05, 3.63) is 12.0 Å². The van der Waals surface area contributed by atoms with E-state index in [0.717, 1.165) is 38.1 Å². The summed E-state index contributed by atoms with van der Waals surface area (Å²) in [5.41, 5.74) is 0. The molecule has 0 aliphatic carbocycles. The molecule has 1 unspecified atom stereocenters. The number of imidazole rings is 1. The number of halogens is 1. The van der Waals surface area contributed by atoms with Crippen molar-refractivity contribution in [1.29, 1.82) is 0 Å². The predicted molar refractivity (Wildman–Crippen MR) is 78.6 cm³/mol. The van der Waals surface area contributed by atoms with Crippen LogP contribution in [0.25, 0.3) is 0 Å². The first kappa shape index (κ1) is 15.8. The van der Waals surface area contributed by atoms with Crippen molar-refractivity contribution in [3.63, 3.8) is 0 Å². The Morgan fingerprint density at radius 1 is 1.35 bits per heavy atom. The first-order valence-corrected chi connectivity index (χ1v) is 8.29. The van der Waals surface area contributed by atoms with Crippen molar-refractivity contribution in [2.24, 2.45) is 0 Å². The van der Waals surface area contributed by atoms with Crippen molar-refractivity contribution in [3.8, 4) is 0 Å². The molecule has 0 bridgehead atoms. The van der Waals surface area contributed by atoms with Crippen LogP contribution in [0, 0.1) is 0 Å². The molecular formula is C12H21ClN4O2S. The maximum Gasteiger partial charge on any atom is 0.262 e. The minimum Gasteiger partial charge on any atom is -0.333 e. The van der Waals surface area contributed by atoms with E-state index in [4.69, 9.17) is 0 Å². The summed E-state index contributed by atoms with van der Waals surface area (Å²) in [7, 11) is -1.54. The molecule has 1 atom stereocenters. The average molecular weight is 321 g/mol. The van der Waals surface area contributed by atoms with E-state index in [-0.39, 0.29) is 23.5 Å². The fourth-order valence-corrected chi connectivity index (χ4v) is 4.29. The van der Waals surface area contributed by atoms with Crippen LogP contribution in [0.15, 0.2) is 11.2 Å². The standard InChI is InChI=1S/C12H20N4O2S.ClH/c1-13-10-5-7-16(8-10)19(17,18)12-9-15-6-3-2-4-11(15)14-12;/h9-10,13H,2-8H2,1H3;1H. The summed E-state index contributed by atoms with van der Waals surface area (Å²) >= 11 is 0. The van der Waals surface area contributed by atoms with Crippen LogP contribution in [0.5, 0.6) is 0 Å². The number of sulfonamides is 1. The highest BCUT2D eigenvalue weighted by atomic mass is 35.5. The molecule has 2 aliphatic rings. The van der Waals surface area contributed by atoms with Crippen LogP contribution in [0.4, 0.5) is 0 Å². The van der Waals surface area contributed by atoms with Crippen molar-refractivity contribution in [2.75, 3.05) is 20.1 Å². The molecule has 0 saturated carbocycles. The molecule has 3 rings (SSSR count). The van der Waals surface area contributed by atoms with Gasteiger partial charge in [-0.25, -0.2) is 13.4 Å². The topological polar surface area (TPSA) is 67.2 Å². The Morgan fingerprint density at radius 3 is 2.80 bits per heavy atom. The Bertz CT molecular complexity index is 549. The Labute approximate surface area is 126 Å². The lowest BCUT2D eigenvalue weighted by Gasteiger charge is -2.14. The summed E-state index contributed by atoms with van der Waals surface area (Å²) in [6.07, 6.45) is 5.66. The fraction of sp³-hybridized carbons (Fsp3) is 0.750. The van der Waals surface area contributed by atoms with E-state index < -0.39 is 10.0 Å². The molecule has 0 radical (unpaired) electrons. The second kappa shape index (κ2) is 6.01. The number of aryl methyl sites for hydroxylation is 2. The highest BCUT2D eigenvalue weighted by Crippen LogP contribution is 2.23. The molecule has 8 heteroatoms. The van der Waals surface area contributed by atoms with Gasteiger partial charge in [0.25, 0.3) is 10.0 Å². The molecular weight excluding hydrogens is 300 g/mol. The van der Waals surface area contributed by atoms with E-state index in [2.05, 4.69) is 10.3 Å². The van der Waals surface area contributed by atoms with Crippen LogP contribution < -0.4 is 5.32 Å². The molecule has 1 aromatic rings. The fourth-order valence-electron chi connectivity index (χ4n) is 2.83. The van der Waals surface area contributed by atoms with Crippen LogP contribution >= 0.6 is 12.4 Å². The average Bonchev–Trinajstić information content (AvgIpc) is 3.05. The zero-order chi connectivity index (χ0) is 13.5. The third-order valence-corrected chi connectivity index (χ3v) is 5.79. The van der Waals surface area contributed by atoms with Gasteiger partial charge in [-0.2, -0.15) is 4.31 Å². The SMILES string of the molecule is CNC1CCN(S(=O)(=O)c2cn3c(n2)CCCC3)C1.Cl. The van der Waals surface area contributed by atoms with Gasteiger partial charge in [0.2, 0.25) is 0 Å². The molecule has 2 aliphatic heterocycles. The van der Waals surface area contributed by atoms with Crippen molar-refractivity contribution in [1.82, 2.24) is 19.2 Å². The smallest absolute Gasteiger partial charge is 0.262 e. The van der Waals surface area contributed by atoms with E-state index in [1.807, 2.05) is 11.6 Å². The van der Waals surface area contributed by atoms with E-state index in [9.17, 15) is 8.42 Å². The van der Waals surface area contributed by atoms with E-state index >= 15 is 0 Å². The summed E-state index contributed by atoms with van der Waals surface area (Å²) in [5, 5.41) is 3.36. The van der Waals surface area contributed by atoms with Crippen molar-refractivity contribution < 1.29 is 8.42 Å². The second-order valence-electron chi connectivity index (χ2n) is 5.28. The van der Waals surface area contributed by atoms with Gasteiger partial charge in [0.1, 0.15) is 5.82 Å². The van der Waals surface area contributed by atoms with Gasteiger partial charge >= 0.3 is 0 Å². The summed E-state index contributed by atoms with van der Waals surface area (Å²) in [6.45, 7) is 2.01. The number of nitrogens with one attached hydrogen (secondary N) is 1. The minimum absolute atomic E-state index is 0. The zero-order valence-corrected chi connectivity index (χ0v) is 13.2.